The minimum Gasteiger partial charge on any atom is -0.497 e. The summed E-state index contributed by atoms with van der Waals surface area (Å²) in [5.41, 5.74) is 1.59. The van der Waals surface area contributed by atoms with Crippen LogP contribution in [0.4, 0.5) is 5.69 Å². The van der Waals surface area contributed by atoms with E-state index in [0.29, 0.717) is 16.3 Å². The van der Waals surface area contributed by atoms with Gasteiger partial charge in [0, 0.05) is 43.0 Å². The number of methoxy groups -OCH3 is 2. The summed E-state index contributed by atoms with van der Waals surface area (Å²) < 4.78 is 10.7. The monoisotopic (exact) mass is 473 g/mol. The molecule has 0 unspecified atom stereocenters. The summed E-state index contributed by atoms with van der Waals surface area (Å²) in [7, 11) is 3.23. The Morgan fingerprint density at radius 2 is 1.75 bits per heavy atom. The van der Waals surface area contributed by atoms with E-state index in [0.717, 1.165) is 62.0 Å². The summed E-state index contributed by atoms with van der Waals surface area (Å²) in [5.74, 6) is 1.34. The number of halogens is 1. The number of nitrogens with one attached hydrogen (secondary N) is 1. The van der Waals surface area contributed by atoms with E-state index in [9.17, 15) is 4.79 Å². The van der Waals surface area contributed by atoms with Crippen molar-refractivity contribution in [2.24, 2.45) is 5.41 Å². The van der Waals surface area contributed by atoms with E-state index < -0.39 is 0 Å². The van der Waals surface area contributed by atoms with E-state index in [1.807, 2.05) is 29.2 Å². The zero-order chi connectivity index (χ0) is 22.7. The molecular formula is C24H28ClN3O3S. The zero-order valence-corrected chi connectivity index (χ0v) is 20.0. The predicted molar refractivity (Wildman–Crippen MR) is 131 cm³/mol. The standard InChI is InChI=1S/C24H28ClN3O3S/c1-30-19-5-3-4-18(15-19)26-23(32)27-11-8-24(9-12-27)10-13-28(16-24)22(29)20-14-17(25)6-7-21(20)31-2/h3-7,14-15H,8-13,16H2,1-2H3,(H,26,32). The number of piperidine rings is 1. The highest BCUT2D eigenvalue weighted by Crippen LogP contribution is 2.41. The maximum atomic E-state index is 13.2. The number of hydrogen-bond donors (Lipinski definition) is 1. The van der Waals surface area contributed by atoms with Gasteiger partial charge in [-0.25, -0.2) is 0 Å². The molecule has 0 aromatic heterocycles. The number of ether oxygens (including phenoxy) is 2. The Hall–Kier alpha value is -2.51. The van der Waals surface area contributed by atoms with Gasteiger partial charge in [-0.1, -0.05) is 17.7 Å². The lowest BCUT2D eigenvalue weighted by atomic mass is 9.78. The molecule has 1 N–H and O–H groups in total. The Kier molecular flexibility index (Phi) is 6.76. The van der Waals surface area contributed by atoms with Crippen molar-refractivity contribution in [2.75, 3.05) is 45.7 Å². The number of rotatable bonds is 4. The molecule has 8 heteroatoms. The van der Waals surface area contributed by atoms with Crippen molar-refractivity contribution in [2.45, 2.75) is 19.3 Å². The molecule has 0 saturated carbocycles. The van der Waals surface area contributed by atoms with Crippen molar-refractivity contribution in [1.29, 1.82) is 0 Å². The number of amides is 1. The van der Waals surface area contributed by atoms with Crippen LogP contribution in [0.15, 0.2) is 42.5 Å². The molecule has 2 fully saturated rings. The molecule has 2 aromatic rings. The summed E-state index contributed by atoms with van der Waals surface area (Å²) in [6.45, 7) is 3.25. The second kappa shape index (κ2) is 9.55. The van der Waals surface area contributed by atoms with Crippen molar-refractivity contribution in [3.63, 3.8) is 0 Å². The Balaban J connectivity index is 1.35. The van der Waals surface area contributed by atoms with E-state index in [2.05, 4.69) is 10.2 Å². The molecule has 0 bridgehead atoms. The highest BCUT2D eigenvalue weighted by molar-refractivity contribution is 7.80. The van der Waals surface area contributed by atoms with Gasteiger partial charge in [-0.2, -0.15) is 0 Å². The van der Waals surface area contributed by atoms with Crippen LogP contribution >= 0.6 is 23.8 Å². The molecule has 170 valence electrons. The lowest BCUT2D eigenvalue weighted by Gasteiger charge is -2.40. The second-order valence-corrected chi connectivity index (χ2v) is 9.29. The van der Waals surface area contributed by atoms with Crippen molar-refractivity contribution in [3.05, 3.63) is 53.1 Å². The first-order chi connectivity index (χ1) is 15.4. The van der Waals surface area contributed by atoms with Gasteiger partial charge in [0.1, 0.15) is 11.5 Å². The first-order valence-electron chi connectivity index (χ1n) is 10.8. The second-order valence-electron chi connectivity index (χ2n) is 8.47. The maximum absolute atomic E-state index is 13.2. The summed E-state index contributed by atoms with van der Waals surface area (Å²) in [4.78, 5) is 17.3. The van der Waals surface area contributed by atoms with Gasteiger partial charge in [0.25, 0.3) is 5.91 Å². The Bertz CT molecular complexity index is 1010. The zero-order valence-electron chi connectivity index (χ0n) is 18.4. The third-order valence-electron chi connectivity index (χ3n) is 6.55. The molecule has 2 aliphatic heterocycles. The number of carbonyl (C=O) groups excluding carboxylic acids is 1. The highest BCUT2D eigenvalue weighted by Gasteiger charge is 2.42. The van der Waals surface area contributed by atoms with E-state index in [1.54, 1.807) is 32.4 Å². The third-order valence-corrected chi connectivity index (χ3v) is 7.15. The SMILES string of the molecule is COc1cccc(NC(=S)N2CCC3(CCN(C(=O)c4cc(Cl)ccc4OC)C3)CC2)c1. The molecule has 4 rings (SSSR count). The number of nitrogens with zero attached hydrogens (tertiary/aromatic N) is 2. The Morgan fingerprint density at radius 3 is 2.44 bits per heavy atom. The molecule has 2 aliphatic rings. The lowest BCUT2D eigenvalue weighted by Crippen LogP contribution is -2.46. The highest BCUT2D eigenvalue weighted by atomic mass is 35.5. The largest absolute Gasteiger partial charge is 0.497 e. The summed E-state index contributed by atoms with van der Waals surface area (Å²) in [6.07, 6.45) is 3.01. The van der Waals surface area contributed by atoms with E-state index in [1.165, 1.54) is 0 Å². The van der Waals surface area contributed by atoms with Crippen molar-refractivity contribution >= 4 is 40.5 Å². The molecule has 0 atom stereocenters. The molecule has 2 aromatic carbocycles. The van der Waals surface area contributed by atoms with Gasteiger partial charge >= 0.3 is 0 Å². The van der Waals surface area contributed by atoms with Crippen LogP contribution in [0, 0.1) is 5.41 Å². The van der Waals surface area contributed by atoms with E-state index >= 15 is 0 Å². The van der Waals surface area contributed by atoms with Gasteiger partial charge in [-0.15, -0.1) is 0 Å². The number of benzene rings is 2. The number of likely N-dealkylation sites (tertiary alicyclic amines) is 2. The van der Waals surface area contributed by atoms with Gasteiger partial charge in [0.2, 0.25) is 0 Å². The van der Waals surface area contributed by atoms with Crippen LogP contribution in [0.3, 0.4) is 0 Å². The minimum absolute atomic E-state index is 0.0149. The first kappa shape index (κ1) is 22.7. The number of anilines is 1. The summed E-state index contributed by atoms with van der Waals surface area (Å²) >= 11 is 11.8. The summed E-state index contributed by atoms with van der Waals surface area (Å²) in [6, 6.07) is 12.9. The molecule has 1 amide bonds. The first-order valence-corrected chi connectivity index (χ1v) is 11.5. The topological polar surface area (TPSA) is 54.0 Å². The fraction of sp³-hybridized carbons (Fsp3) is 0.417. The Labute approximate surface area is 199 Å². The van der Waals surface area contributed by atoms with Crippen LogP contribution in [-0.4, -0.2) is 61.2 Å². The van der Waals surface area contributed by atoms with Crippen LogP contribution in [0.25, 0.3) is 0 Å². The van der Waals surface area contributed by atoms with Crippen molar-refractivity contribution < 1.29 is 14.3 Å². The third kappa shape index (κ3) is 4.79. The molecule has 6 nitrogen and oxygen atoms in total. The normalized spacial score (nSPS) is 17.3. The molecule has 0 radical (unpaired) electrons. The minimum atomic E-state index is -0.0149. The lowest BCUT2D eigenvalue weighted by molar-refractivity contribution is 0.0746. The summed E-state index contributed by atoms with van der Waals surface area (Å²) in [5, 5.41) is 4.58. The molecule has 2 saturated heterocycles. The molecule has 0 aliphatic carbocycles. The number of carbonyl (C=O) groups is 1. The fourth-order valence-corrected chi connectivity index (χ4v) is 5.09. The quantitative estimate of drug-likeness (QED) is 0.650. The van der Waals surface area contributed by atoms with Gasteiger partial charge < -0.3 is 24.6 Å². The molecule has 32 heavy (non-hydrogen) atoms. The average molecular weight is 474 g/mol. The van der Waals surface area contributed by atoms with Gasteiger partial charge in [-0.3, -0.25) is 4.79 Å². The fourth-order valence-electron chi connectivity index (χ4n) is 4.62. The van der Waals surface area contributed by atoms with Crippen LogP contribution in [-0.2, 0) is 0 Å². The molecular weight excluding hydrogens is 446 g/mol. The van der Waals surface area contributed by atoms with Gasteiger partial charge in [0.05, 0.1) is 19.8 Å². The Morgan fingerprint density at radius 1 is 1.03 bits per heavy atom. The van der Waals surface area contributed by atoms with Crippen LogP contribution in [0.1, 0.15) is 29.6 Å². The van der Waals surface area contributed by atoms with Gasteiger partial charge in [0.15, 0.2) is 5.11 Å². The van der Waals surface area contributed by atoms with Crippen molar-refractivity contribution in [3.8, 4) is 11.5 Å². The van der Waals surface area contributed by atoms with Gasteiger partial charge in [-0.05, 0) is 67.2 Å². The average Bonchev–Trinajstić information content (AvgIpc) is 3.22. The van der Waals surface area contributed by atoms with Crippen LogP contribution in [0.5, 0.6) is 11.5 Å². The van der Waals surface area contributed by atoms with E-state index in [4.69, 9.17) is 33.3 Å². The maximum Gasteiger partial charge on any atom is 0.257 e. The number of hydrogen-bond acceptors (Lipinski definition) is 4. The smallest absolute Gasteiger partial charge is 0.257 e. The molecule has 1 spiro atoms. The van der Waals surface area contributed by atoms with E-state index in [-0.39, 0.29) is 11.3 Å². The predicted octanol–water partition coefficient (Wildman–Crippen LogP) is 4.68. The van der Waals surface area contributed by atoms with Crippen LogP contribution in [0.2, 0.25) is 5.02 Å². The van der Waals surface area contributed by atoms with Crippen molar-refractivity contribution in [1.82, 2.24) is 9.80 Å². The molecule has 2 heterocycles. The van der Waals surface area contributed by atoms with Crippen LogP contribution < -0.4 is 14.8 Å². The number of thiocarbonyl (C=S) groups is 1.